The maximum atomic E-state index is 9.28. The van der Waals surface area contributed by atoms with Gasteiger partial charge in [-0.25, -0.2) is 0 Å². The van der Waals surface area contributed by atoms with E-state index in [1.807, 2.05) is 36.4 Å². The largest absolute Gasteiger partial charge is 0.395 e. The summed E-state index contributed by atoms with van der Waals surface area (Å²) in [4.78, 5) is 2.26. The molecule has 0 bridgehead atoms. The fraction of sp³-hybridized carbons (Fsp3) is 0.278. The fourth-order valence-corrected chi connectivity index (χ4v) is 2.73. The highest BCUT2D eigenvalue weighted by Crippen LogP contribution is 2.16. The van der Waals surface area contributed by atoms with Crippen molar-refractivity contribution >= 4 is 10.9 Å². The number of rotatable bonds is 7. The first-order valence-corrected chi connectivity index (χ1v) is 7.66. The fourth-order valence-electron chi connectivity index (χ4n) is 2.73. The molecule has 114 valence electrons. The van der Waals surface area contributed by atoms with Crippen LogP contribution in [0.1, 0.15) is 11.3 Å². The third kappa shape index (κ3) is 3.53. The zero-order valence-corrected chi connectivity index (χ0v) is 12.6. The average Bonchev–Trinajstić information content (AvgIpc) is 2.97. The van der Waals surface area contributed by atoms with Gasteiger partial charge in [0.1, 0.15) is 0 Å². The van der Waals surface area contributed by atoms with Crippen molar-refractivity contribution in [2.24, 2.45) is 0 Å². The molecule has 1 aromatic heterocycles. The number of fused-ring (bicyclic) bond motifs is 1. The number of hydrogen-bond donors (Lipinski definition) is 2. The van der Waals surface area contributed by atoms with Crippen LogP contribution >= 0.6 is 0 Å². The summed E-state index contributed by atoms with van der Waals surface area (Å²) in [5, 5.41) is 18.0. The first kappa shape index (κ1) is 14.8. The van der Waals surface area contributed by atoms with Crippen LogP contribution in [0.25, 0.3) is 10.9 Å². The van der Waals surface area contributed by atoms with E-state index in [-0.39, 0.29) is 6.61 Å². The molecule has 0 atom stereocenters. The van der Waals surface area contributed by atoms with Gasteiger partial charge in [0.25, 0.3) is 0 Å². The van der Waals surface area contributed by atoms with Crippen molar-refractivity contribution in [2.75, 3.05) is 19.7 Å². The Morgan fingerprint density at radius 1 is 0.955 bits per heavy atom. The van der Waals surface area contributed by atoms with Gasteiger partial charge in [0.05, 0.1) is 17.8 Å². The molecule has 0 saturated heterocycles. The van der Waals surface area contributed by atoms with Gasteiger partial charge in [0.2, 0.25) is 0 Å². The molecule has 3 rings (SSSR count). The number of H-pyrrole nitrogens is 1. The van der Waals surface area contributed by atoms with E-state index in [0.717, 1.165) is 30.7 Å². The van der Waals surface area contributed by atoms with Crippen LogP contribution in [-0.2, 0) is 13.0 Å². The van der Waals surface area contributed by atoms with E-state index >= 15 is 0 Å². The molecule has 4 nitrogen and oxygen atoms in total. The van der Waals surface area contributed by atoms with Gasteiger partial charge in [-0.05, 0) is 11.6 Å². The molecule has 0 unspecified atom stereocenters. The van der Waals surface area contributed by atoms with Gasteiger partial charge in [-0.15, -0.1) is 0 Å². The Balaban J connectivity index is 1.66. The number of benzene rings is 2. The van der Waals surface area contributed by atoms with E-state index in [4.69, 9.17) is 0 Å². The van der Waals surface area contributed by atoms with Gasteiger partial charge in [-0.2, -0.15) is 5.10 Å². The Kier molecular flexibility index (Phi) is 4.83. The molecule has 0 amide bonds. The van der Waals surface area contributed by atoms with E-state index in [9.17, 15) is 5.11 Å². The van der Waals surface area contributed by atoms with E-state index in [2.05, 4.69) is 33.3 Å². The Morgan fingerprint density at radius 3 is 2.55 bits per heavy atom. The lowest BCUT2D eigenvalue weighted by Gasteiger charge is -2.21. The number of nitrogens with one attached hydrogen (secondary N) is 1. The predicted molar refractivity (Wildman–Crippen MR) is 88.6 cm³/mol. The van der Waals surface area contributed by atoms with Gasteiger partial charge in [-0.3, -0.25) is 10.00 Å². The Hall–Kier alpha value is -2.17. The second-order valence-electron chi connectivity index (χ2n) is 5.45. The van der Waals surface area contributed by atoms with Gasteiger partial charge in [0, 0.05) is 31.4 Å². The quantitative estimate of drug-likeness (QED) is 0.704. The molecule has 1 heterocycles. The molecule has 2 N–H and O–H groups in total. The Labute approximate surface area is 130 Å². The van der Waals surface area contributed by atoms with Crippen LogP contribution < -0.4 is 0 Å². The highest BCUT2D eigenvalue weighted by atomic mass is 16.3. The molecule has 0 aliphatic heterocycles. The number of aromatic nitrogens is 2. The van der Waals surface area contributed by atoms with Crippen molar-refractivity contribution in [3.05, 3.63) is 65.9 Å². The van der Waals surface area contributed by atoms with E-state index in [0.29, 0.717) is 6.54 Å². The lowest BCUT2D eigenvalue weighted by Crippen LogP contribution is -2.28. The molecule has 22 heavy (non-hydrogen) atoms. The van der Waals surface area contributed by atoms with Gasteiger partial charge >= 0.3 is 0 Å². The van der Waals surface area contributed by atoms with Crippen LogP contribution in [-0.4, -0.2) is 39.9 Å². The molecule has 4 heteroatoms. The smallest absolute Gasteiger partial charge is 0.0713 e. The van der Waals surface area contributed by atoms with Crippen molar-refractivity contribution < 1.29 is 5.11 Å². The zero-order valence-electron chi connectivity index (χ0n) is 12.6. The molecule has 0 aliphatic rings. The zero-order chi connectivity index (χ0) is 15.2. The minimum Gasteiger partial charge on any atom is -0.395 e. The second-order valence-corrected chi connectivity index (χ2v) is 5.45. The summed E-state index contributed by atoms with van der Waals surface area (Å²) in [7, 11) is 0. The first-order valence-electron chi connectivity index (χ1n) is 7.66. The van der Waals surface area contributed by atoms with Crippen molar-refractivity contribution in [2.45, 2.75) is 13.0 Å². The summed E-state index contributed by atoms with van der Waals surface area (Å²) in [6.07, 6.45) is 0.872. The third-order valence-corrected chi connectivity index (χ3v) is 3.88. The topological polar surface area (TPSA) is 52.1 Å². The summed E-state index contributed by atoms with van der Waals surface area (Å²) in [6.45, 7) is 2.58. The minimum atomic E-state index is 0.175. The summed E-state index contributed by atoms with van der Waals surface area (Å²) in [6, 6.07) is 18.6. The van der Waals surface area contributed by atoms with Crippen molar-refractivity contribution in [1.29, 1.82) is 0 Å². The highest BCUT2D eigenvalue weighted by molar-refractivity contribution is 5.81. The van der Waals surface area contributed by atoms with Crippen LogP contribution in [0.5, 0.6) is 0 Å². The molecule has 3 aromatic rings. The van der Waals surface area contributed by atoms with Crippen molar-refractivity contribution in [1.82, 2.24) is 15.1 Å². The van der Waals surface area contributed by atoms with Gasteiger partial charge in [-0.1, -0.05) is 48.5 Å². The van der Waals surface area contributed by atoms with Crippen LogP contribution in [0.4, 0.5) is 0 Å². The maximum Gasteiger partial charge on any atom is 0.0713 e. The summed E-state index contributed by atoms with van der Waals surface area (Å²) >= 11 is 0. The van der Waals surface area contributed by atoms with E-state index < -0.39 is 0 Å². The van der Waals surface area contributed by atoms with Crippen LogP contribution in [0.15, 0.2) is 54.6 Å². The van der Waals surface area contributed by atoms with Crippen LogP contribution in [0, 0.1) is 0 Å². The minimum absolute atomic E-state index is 0.175. The lowest BCUT2D eigenvalue weighted by atomic mass is 10.1. The molecular formula is C18H21N3O. The number of hydrogen-bond acceptors (Lipinski definition) is 3. The number of aromatic amines is 1. The second kappa shape index (κ2) is 7.20. The van der Waals surface area contributed by atoms with Crippen LogP contribution in [0.2, 0.25) is 0 Å². The predicted octanol–water partition coefficient (Wildman–Crippen LogP) is 2.60. The monoisotopic (exact) mass is 295 g/mol. The molecule has 0 radical (unpaired) electrons. The molecule has 0 saturated carbocycles. The Morgan fingerprint density at radius 2 is 1.73 bits per heavy atom. The average molecular weight is 295 g/mol. The van der Waals surface area contributed by atoms with Gasteiger partial charge in [0.15, 0.2) is 0 Å². The summed E-state index contributed by atoms with van der Waals surface area (Å²) in [5.41, 5.74) is 3.43. The van der Waals surface area contributed by atoms with Crippen molar-refractivity contribution in [3.8, 4) is 0 Å². The molecule has 0 aliphatic carbocycles. The molecular weight excluding hydrogens is 274 g/mol. The standard InChI is InChI=1S/C18H21N3O/c22-13-12-21(14-15-6-2-1-3-7-15)11-10-18-16-8-4-5-9-17(16)19-20-18/h1-9,22H,10-14H2,(H,19,20). The lowest BCUT2D eigenvalue weighted by molar-refractivity contribution is 0.191. The van der Waals surface area contributed by atoms with Gasteiger partial charge < -0.3 is 5.11 Å². The molecule has 2 aromatic carbocycles. The number of para-hydroxylation sites is 1. The van der Waals surface area contributed by atoms with E-state index in [1.165, 1.54) is 10.9 Å². The number of aliphatic hydroxyl groups excluding tert-OH is 1. The number of aliphatic hydroxyl groups is 1. The maximum absolute atomic E-state index is 9.28. The first-order chi connectivity index (χ1) is 10.9. The summed E-state index contributed by atoms with van der Waals surface area (Å²) in [5.74, 6) is 0. The summed E-state index contributed by atoms with van der Waals surface area (Å²) < 4.78 is 0. The highest BCUT2D eigenvalue weighted by Gasteiger charge is 2.09. The van der Waals surface area contributed by atoms with Crippen molar-refractivity contribution in [3.63, 3.8) is 0 Å². The van der Waals surface area contributed by atoms with E-state index in [1.54, 1.807) is 0 Å². The molecule has 0 fully saturated rings. The normalized spacial score (nSPS) is 11.4. The SMILES string of the molecule is OCCN(CCc1n[nH]c2ccccc12)Cc1ccccc1. The number of nitrogens with zero attached hydrogens (tertiary/aromatic N) is 2. The van der Waals surface area contributed by atoms with Crippen LogP contribution in [0.3, 0.4) is 0 Å². The third-order valence-electron chi connectivity index (χ3n) is 3.88. The Bertz CT molecular complexity index is 708. The molecule has 0 spiro atoms.